The maximum atomic E-state index is 2.39. The molecule has 19 heavy (non-hydrogen) atoms. The first-order chi connectivity index (χ1) is 9.08. The van der Waals surface area contributed by atoms with E-state index >= 15 is 0 Å². The summed E-state index contributed by atoms with van der Waals surface area (Å²) >= 11 is 0. The first-order valence-electron chi connectivity index (χ1n) is 7.51. The van der Waals surface area contributed by atoms with Crippen LogP contribution in [0.15, 0.2) is 23.3 Å². The van der Waals surface area contributed by atoms with Gasteiger partial charge >= 0.3 is 0 Å². The molecule has 0 atom stereocenters. The summed E-state index contributed by atoms with van der Waals surface area (Å²) in [5, 5.41) is 0. The molecule has 0 aromatic carbocycles. The Bertz CT molecular complexity index is 311. The molecule has 0 unspecified atom stereocenters. The Morgan fingerprint density at radius 2 is 1.26 bits per heavy atom. The molecule has 1 saturated heterocycles. The standard InChI is InChI=1S/C18H26P/c1-13(2)9-11-17-15-7-5-6-8-16(15)18(19-17)12-10-14(3)4/h9-10H,5-8,11-12H2,1-4H3. The van der Waals surface area contributed by atoms with Crippen molar-refractivity contribution in [2.24, 2.45) is 0 Å². The number of hydrogen-bond donors (Lipinski definition) is 0. The molecule has 1 heteroatoms. The van der Waals surface area contributed by atoms with E-state index < -0.39 is 0 Å². The van der Waals surface area contributed by atoms with Crippen LogP contribution in [0.1, 0.15) is 66.2 Å². The summed E-state index contributed by atoms with van der Waals surface area (Å²) in [5.74, 6) is 3.45. The minimum absolute atomic E-state index is 1.17. The minimum Gasteiger partial charge on any atom is -0.0849 e. The highest BCUT2D eigenvalue weighted by Gasteiger charge is 2.45. The molecular weight excluding hydrogens is 247 g/mol. The van der Waals surface area contributed by atoms with Gasteiger partial charge < -0.3 is 0 Å². The normalized spacial score (nSPS) is 22.3. The minimum atomic E-state index is 1.17. The number of rotatable bonds is 4. The molecule has 1 aliphatic carbocycles. The molecule has 0 spiro atoms. The molecule has 1 heterocycles. The summed E-state index contributed by atoms with van der Waals surface area (Å²) in [5.41, 5.74) is 6.26. The van der Waals surface area contributed by atoms with Crippen molar-refractivity contribution in [2.45, 2.75) is 66.2 Å². The van der Waals surface area contributed by atoms with Gasteiger partial charge in [0.1, 0.15) is 0 Å². The maximum absolute atomic E-state index is 2.39. The van der Waals surface area contributed by atoms with Crippen molar-refractivity contribution < 1.29 is 0 Å². The van der Waals surface area contributed by atoms with E-state index in [0.29, 0.717) is 0 Å². The van der Waals surface area contributed by atoms with Gasteiger partial charge in [0.2, 0.25) is 0 Å². The van der Waals surface area contributed by atoms with E-state index in [2.05, 4.69) is 39.8 Å². The van der Waals surface area contributed by atoms with Gasteiger partial charge in [-0.3, -0.25) is 0 Å². The Kier molecular flexibility index (Phi) is 5.70. The van der Waals surface area contributed by atoms with E-state index in [1.54, 1.807) is 23.2 Å². The Hall–Kier alpha value is -0.0900. The van der Waals surface area contributed by atoms with E-state index in [4.69, 9.17) is 0 Å². The van der Waals surface area contributed by atoms with Gasteiger partial charge in [-0.2, -0.15) is 0 Å². The Labute approximate surface area is 121 Å². The van der Waals surface area contributed by atoms with Crippen molar-refractivity contribution in [3.63, 3.8) is 0 Å². The van der Waals surface area contributed by atoms with Crippen molar-refractivity contribution in [1.82, 2.24) is 0 Å². The van der Waals surface area contributed by atoms with Crippen LogP contribution in [0.4, 0.5) is 0 Å². The molecular formula is C18H26P. The zero-order chi connectivity index (χ0) is 13.8. The summed E-state index contributed by atoms with van der Waals surface area (Å²) < 4.78 is 0. The highest BCUT2D eigenvalue weighted by atomic mass is 31.1. The molecule has 0 N–H and O–H groups in total. The number of fused-ring (bicyclic) bond motifs is 1. The highest BCUT2D eigenvalue weighted by Crippen LogP contribution is 2.66. The predicted octanol–water partition coefficient (Wildman–Crippen LogP) is 6.45. The molecule has 2 aliphatic rings. The quantitative estimate of drug-likeness (QED) is 0.408. The topological polar surface area (TPSA) is 0 Å². The van der Waals surface area contributed by atoms with Crippen molar-refractivity contribution in [1.29, 1.82) is 0 Å². The lowest BCUT2D eigenvalue weighted by Gasteiger charge is -2.28. The lowest BCUT2D eigenvalue weighted by atomic mass is 9.75. The smallest absolute Gasteiger partial charge is 0.0160 e. The third kappa shape index (κ3) is 4.19. The lowest BCUT2D eigenvalue weighted by Crippen LogP contribution is -2.16. The van der Waals surface area contributed by atoms with Crippen LogP contribution in [0.5, 0.6) is 0 Å². The van der Waals surface area contributed by atoms with Crippen LogP contribution in [-0.2, 0) is 0 Å². The highest BCUT2D eigenvalue weighted by molar-refractivity contribution is 7.47. The van der Waals surface area contributed by atoms with Crippen molar-refractivity contribution in [2.75, 3.05) is 0 Å². The molecule has 5 radical (unpaired) electrons. The van der Waals surface area contributed by atoms with E-state index in [0.717, 1.165) is 0 Å². The molecule has 0 nitrogen and oxygen atoms in total. The SMILES string of the molecule is CC(C)=CC[C]1[P][C](CC=C(C)C)[C]2CCCC[C]12. The van der Waals surface area contributed by atoms with Gasteiger partial charge in [-0.05, 0) is 65.2 Å². The van der Waals surface area contributed by atoms with E-state index in [9.17, 15) is 0 Å². The summed E-state index contributed by atoms with van der Waals surface area (Å²) in [7, 11) is 1.52. The fraction of sp³-hybridized carbons (Fsp3) is 0.556. The second kappa shape index (κ2) is 7.07. The van der Waals surface area contributed by atoms with Gasteiger partial charge in [-0.25, -0.2) is 0 Å². The molecule has 0 aromatic rings. The van der Waals surface area contributed by atoms with E-state index in [-0.39, 0.29) is 0 Å². The molecule has 1 aliphatic heterocycles. The zero-order valence-electron chi connectivity index (χ0n) is 12.8. The fourth-order valence-corrected chi connectivity index (χ4v) is 4.23. The summed E-state index contributed by atoms with van der Waals surface area (Å²) in [6.45, 7) is 8.82. The molecule has 2 rings (SSSR count). The maximum Gasteiger partial charge on any atom is 0.0160 e. The van der Waals surface area contributed by atoms with Crippen molar-refractivity contribution >= 4 is 8.58 Å². The monoisotopic (exact) mass is 273 g/mol. The van der Waals surface area contributed by atoms with Crippen LogP contribution in [-0.4, -0.2) is 0 Å². The number of allylic oxidation sites excluding steroid dienone is 4. The average Bonchev–Trinajstić information content (AvgIpc) is 2.72. The van der Waals surface area contributed by atoms with Crippen LogP contribution >= 0.6 is 8.58 Å². The van der Waals surface area contributed by atoms with Crippen LogP contribution in [0.25, 0.3) is 0 Å². The van der Waals surface area contributed by atoms with Gasteiger partial charge in [0.15, 0.2) is 0 Å². The van der Waals surface area contributed by atoms with Gasteiger partial charge in [0, 0.05) is 11.3 Å². The average molecular weight is 273 g/mol. The summed E-state index contributed by atoms with van der Waals surface area (Å²) in [6.07, 6.45) is 12.6. The molecule has 0 bridgehead atoms. The molecule has 0 amide bonds. The third-order valence-electron chi connectivity index (χ3n) is 3.84. The van der Waals surface area contributed by atoms with E-state index in [1.807, 2.05) is 0 Å². The van der Waals surface area contributed by atoms with E-state index in [1.165, 1.54) is 58.3 Å². The lowest BCUT2D eigenvalue weighted by molar-refractivity contribution is 0.576. The van der Waals surface area contributed by atoms with Gasteiger partial charge in [0.25, 0.3) is 0 Å². The van der Waals surface area contributed by atoms with Crippen LogP contribution in [0.2, 0.25) is 0 Å². The molecule has 103 valence electrons. The Morgan fingerprint density at radius 3 is 1.63 bits per heavy atom. The van der Waals surface area contributed by atoms with Gasteiger partial charge in [-0.15, -0.1) is 0 Å². The second-order valence-electron chi connectivity index (χ2n) is 6.14. The Balaban J connectivity index is 2.02. The van der Waals surface area contributed by atoms with Crippen molar-refractivity contribution in [3.05, 3.63) is 46.5 Å². The van der Waals surface area contributed by atoms with Crippen LogP contribution in [0.3, 0.4) is 0 Å². The first-order valence-corrected chi connectivity index (χ1v) is 8.40. The summed E-state index contributed by atoms with van der Waals surface area (Å²) in [6, 6.07) is 0. The Morgan fingerprint density at radius 1 is 0.842 bits per heavy atom. The molecule has 1 saturated carbocycles. The van der Waals surface area contributed by atoms with Crippen LogP contribution < -0.4 is 0 Å². The third-order valence-corrected chi connectivity index (χ3v) is 5.29. The molecule has 0 aromatic heterocycles. The summed E-state index contributed by atoms with van der Waals surface area (Å²) in [4.78, 5) is 0. The molecule has 2 fully saturated rings. The second-order valence-corrected chi connectivity index (χ2v) is 7.44. The van der Waals surface area contributed by atoms with Crippen molar-refractivity contribution in [3.8, 4) is 0 Å². The predicted molar refractivity (Wildman–Crippen MR) is 86.5 cm³/mol. The zero-order valence-corrected chi connectivity index (χ0v) is 13.7. The van der Waals surface area contributed by atoms with Gasteiger partial charge in [-0.1, -0.05) is 44.7 Å². The fourth-order valence-electron chi connectivity index (χ4n) is 2.78. The largest absolute Gasteiger partial charge is 0.0849 e. The first kappa shape index (κ1) is 15.3. The van der Waals surface area contributed by atoms with Crippen LogP contribution in [0, 0.1) is 23.2 Å². The van der Waals surface area contributed by atoms with Gasteiger partial charge in [0.05, 0.1) is 0 Å². The number of hydrogen-bond acceptors (Lipinski definition) is 0.